The molecule has 7 heteroatoms. The third-order valence-corrected chi connectivity index (χ3v) is 4.50. The molecule has 6 nitrogen and oxygen atoms in total. The van der Waals surface area contributed by atoms with E-state index in [9.17, 15) is 9.59 Å². The van der Waals surface area contributed by atoms with Gasteiger partial charge in [-0.1, -0.05) is 22.7 Å². The molecule has 0 saturated carbocycles. The molecule has 0 unspecified atom stereocenters. The Bertz CT molecular complexity index is 686. The molecule has 0 spiro atoms. The van der Waals surface area contributed by atoms with Gasteiger partial charge in [-0.3, -0.25) is 9.59 Å². The van der Waals surface area contributed by atoms with Gasteiger partial charge in [0.2, 0.25) is 5.91 Å². The zero-order chi connectivity index (χ0) is 15.5. The molecule has 1 fully saturated rings. The van der Waals surface area contributed by atoms with E-state index < -0.39 is 6.04 Å². The van der Waals surface area contributed by atoms with E-state index in [-0.39, 0.29) is 11.8 Å². The van der Waals surface area contributed by atoms with Gasteiger partial charge in [-0.2, -0.15) is 0 Å². The van der Waals surface area contributed by atoms with Crippen molar-refractivity contribution in [1.29, 1.82) is 0 Å². The van der Waals surface area contributed by atoms with Crippen molar-refractivity contribution in [2.45, 2.75) is 25.8 Å². The van der Waals surface area contributed by atoms with Crippen LogP contribution in [0.5, 0.6) is 0 Å². The van der Waals surface area contributed by atoms with Crippen LogP contribution in [-0.2, 0) is 4.79 Å². The summed E-state index contributed by atoms with van der Waals surface area (Å²) in [7, 11) is 0. The molecule has 2 aromatic rings. The highest BCUT2D eigenvalue weighted by Gasteiger charge is 2.31. The lowest BCUT2D eigenvalue weighted by Gasteiger charge is -2.32. The molecule has 0 bridgehead atoms. The molecule has 1 aromatic carbocycles. The molecular weight excluding hydrogens is 300 g/mol. The van der Waals surface area contributed by atoms with Crippen LogP contribution < -0.4 is 10.2 Å². The van der Waals surface area contributed by atoms with Gasteiger partial charge in [0, 0.05) is 12.2 Å². The Morgan fingerprint density at radius 2 is 2.14 bits per heavy atom. The molecule has 1 N–H and O–H groups in total. The molecule has 3 rings (SSSR count). The van der Waals surface area contributed by atoms with Gasteiger partial charge in [0.15, 0.2) is 0 Å². The quantitative estimate of drug-likeness (QED) is 0.936. The van der Waals surface area contributed by atoms with Gasteiger partial charge >= 0.3 is 0 Å². The molecule has 1 atom stereocenters. The number of hydrogen-bond acceptors (Lipinski definition) is 5. The van der Waals surface area contributed by atoms with Crippen LogP contribution in [0.15, 0.2) is 30.3 Å². The van der Waals surface area contributed by atoms with E-state index in [0.717, 1.165) is 23.6 Å². The first-order chi connectivity index (χ1) is 10.7. The van der Waals surface area contributed by atoms with Crippen LogP contribution in [0.4, 0.5) is 5.69 Å². The number of benzene rings is 1. The van der Waals surface area contributed by atoms with Gasteiger partial charge < -0.3 is 10.2 Å². The third-order valence-electron chi connectivity index (χ3n) is 3.67. The molecule has 1 aliphatic heterocycles. The molecule has 2 heterocycles. The number of amides is 2. The minimum Gasteiger partial charge on any atom is -0.339 e. The van der Waals surface area contributed by atoms with Crippen molar-refractivity contribution in [3.8, 4) is 0 Å². The van der Waals surface area contributed by atoms with E-state index in [4.69, 9.17) is 0 Å². The van der Waals surface area contributed by atoms with E-state index in [1.165, 1.54) is 0 Å². The average molecular weight is 316 g/mol. The number of aromatic nitrogens is 2. The van der Waals surface area contributed by atoms with Gasteiger partial charge in [0.05, 0.1) is 5.69 Å². The number of para-hydroxylation sites is 1. The number of anilines is 1. The Labute approximate surface area is 132 Å². The predicted octanol–water partition coefficient (Wildman–Crippen LogP) is 1.77. The number of nitrogens with one attached hydrogen (secondary N) is 1. The van der Waals surface area contributed by atoms with Crippen molar-refractivity contribution in [1.82, 2.24) is 14.9 Å². The minimum absolute atomic E-state index is 0.0686. The van der Waals surface area contributed by atoms with Crippen molar-refractivity contribution in [3.05, 3.63) is 40.9 Å². The first kappa shape index (κ1) is 14.6. The van der Waals surface area contributed by atoms with Crippen LogP contribution >= 0.6 is 11.5 Å². The molecular formula is C15H16N4O2S. The van der Waals surface area contributed by atoms with Gasteiger partial charge in [-0.05, 0) is 43.4 Å². The predicted molar refractivity (Wildman–Crippen MR) is 83.9 cm³/mol. The van der Waals surface area contributed by atoms with E-state index in [2.05, 4.69) is 14.9 Å². The highest BCUT2D eigenvalue weighted by Crippen LogP contribution is 2.21. The Morgan fingerprint density at radius 1 is 1.36 bits per heavy atom. The Morgan fingerprint density at radius 3 is 2.82 bits per heavy atom. The maximum atomic E-state index is 12.6. The Kier molecular flexibility index (Phi) is 4.15. The summed E-state index contributed by atoms with van der Waals surface area (Å²) >= 11 is 1.05. The van der Waals surface area contributed by atoms with Crippen molar-refractivity contribution in [3.63, 3.8) is 0 Å². The largest absolute Gasteiger partial charge is 0.339 e. The van der Waals surface area contributed by atoms with Crippen LogP contribution in [0.2, 0.25) is 0 Å². The smallest absolute Gasteiger partial charge is 0.265 e. The van der Waals surface area contributed by atoms with Crippen molar-refractivity contribution < 1.29 is 9.59 Å². The zero-order valence-electron chi connectivity index (χ0n) is 12.2. The average Bonchev–Trinajstić information content (AvgIpc) is 2.96. The van der Waals surface area contributed by atoms with Gasteiger partial charge in [0.1, 0.15) is 10.9 Å². The number of piperidine rings is 1. The number of aryl methyl sites for hydroxylation is 1. The van der Waals surface area contributed by atoms with Gasteiger partial charge in [-0.15, -0.1) is 5.10 Å². The minimum atomic E-state index is -0.497. The topological polar surface area (TPSA) is 75.2 Å². The van der Waals surface area contributed by atoms with Crippen LogP contribution in [0.3, 0.4) is 0 Å². The van der Waals surface area contributed by atoms with Gasteiger partial charge in [0.25, 0.3) is 5.91 Å². The summed E-state index contributed by atoms with van der Waals surface area (Å²) < 4.78 is 3.75. The number of rotatable bonds is 3. The van der Waals surface area contributed by atoms with Crippen molar-refractivity contribution in [2.75, 3.05) is 11.4 Å². The maximum absolute atomic E-state index is 12.6. The summed E-state index contributed by atoms with van der Waals surface area (Å²) in [4.78, 5) is 27.0. The molecule has 0 aliphatic carbocycles. The first-order valence-electron chi connectivity index (χ1n) is 7.13. The highest BCUT2D eigenvalue weighted by molar-refractivity contribution is 7.08. The fraction of sp³-hybridized carbons (Fsp3) is 0.333. The lowest BCUT2D eigenvalue weighted by Crippen LogP contribution is -2.52. The number of hydrogen-bond donors (Lipinski definition) is 1. The molecule has 114 valence electrons. The number of carbonyl (C=O) groups excluding carboxylic acids is 2. The van der Waals surface area contributed by atoms with Crippen LogP contribution in [0, 0.1) is 6.92 Å². The molecule has 2 amide bonds. The second-order valence-electron chi connectivity index (χ2n) is 5.18. The van der Waals surface area contributed by atoms with E-state index in [1.54, 1.807) is 11.8 Å². The van der Waals surface area contributed by atoms with Crippen molar-refractivity contribution in [2.24, 2.45) is 0 Å². The fourth-order valence-corrected chi connectivity index (χ4v) is 3.10. The second-order valence-corrected chi connectivity index (χ2v) is 5.94. The molecule has 1 saturated heterocycles. The standard InChI is InChI=1S/C15H16N4O2S/c1-10-13(22-18-17-10)14(20)16-12-8-5-9-19(15(12)21)11-6-3-2-4-7-11/h2-4,6-7,12H,5,8-9H2,1H3,(H,16,20)/t12-/m1/s1. The van der Waals surface area contributed by atoms with E-state index in [1.807, 2.05) is 30.3 Å². The summed E-state index contributed by atoms with van der Waals surface area (Å²) in [5.74, 6) is -0.346. The van der Waals surface area contributed by atoms with Gasteiger partial charge in [-0.25, -0.2) is 0 Å². The third kappa shape index (κ3) is 2.85. The lowest BCUT2D eigenvalue weighted by molar-refractivity contribution is -0.121. The maximum Gasteiger partial charge on any atom is 0.265 e. The summed E-state index contributed by atoms with van der Waals surface area (Å²) in [6, 6.07) is 9.02. The number of carbonyl (C=O) groups is 2. The monoisotopic (exact) mass is 316 g/mol. The first-order valence-corrected chi connectivity index (χ1v) is 7.90. The molecule has 0 radical (unpaired) electrons. The normalized spacial score (nSPS) is 18.3. The Hall–Kier alpha value is -2.28. The number of nitrogens with zero attached hydrogens (tertiary/aromatic N) is 3. The lowest BCUT2D eigenvalue weighted by atomic mass is 10.0. The Balaban J connectivity index is 1.73. The fourth-order valence-electron chi connectivity index (χ4n) is 2.54. The molecule has 1 aliphatic rings. The van der Waals surface area contributed by atoms with Crippen LogP contribution in [-0.4, -0.2) is 34.0 Å². The van der Waals surface area contributed by atoms with Crippen LogP contribution in [0.1, 0.15) is 28.2 Å². The van der Waals surface area contributed by atoms with Crippen LogP contribution in [0.25, 0.3) is 0 Å². The molecule has 22 heavy (non-hydrogen) atoms. The second kappa shape index (κ2) is 6.23. The SMILES string of the molecule is Cc1nnsc1C(=O)N[C@@H]1CCCN(c2ccccc2)C1=O. The summed E-state index contributed by atoms with van der Waals surface area (Å²) in [6.07, 6.45) is 1.50. The van der Waals surface area contributed by atoms with E-state index in [0.29, 0.717) is 23.5 Å². The summed E-state index contributed by atoms with van der Waals surface area (Å²) in [5.41, 5.74) is 1.45. The van der Waals surface area contributed by atoms with E-state index >= 15 is 0 Å². The summed E-state index contributed by atoms with van der Waals surface area (Å²) in [6.45, 7) is 2.41. The molecule has 1 aromatic heterocycles. The highest BCUT2D eigenvalue weighted by atomic mass is 32.1. The van der Waals surface area contributed by atoms with Crippen molar-refractivity contribution >= 4 is 29.0 Å². The zero-order valence-corrected chi connectivity index (χ0v) is 13.0. The summed E-state index contributed by atoms with van der Waals surface area (Å²) in [5, 5.41) is 6.64.